The molecule has 34 heavy (non-hydrogen) atoms. The van der Waals surface area contributed by atoms with Gasteiger partial charge in [0.05, 0.1) is 19.8 Å². The molecule has 3 rings (SSSR count). The summed E-state index contributed by atoms with van der Waals surface area (Å²) in [6.45, 7) is 4.15. The van der Waals surface area contributed by atoms with Gasteiger partial charge in [-0.3, -0.25) is 4.79 Å². The van der Waals surface area contributed by atoms with Crippen molar-refractivity contribution in [3.8, 4) is 11.8 Å². The van der Waals surface area contributed by atoms with Crippen LogP contribution in [0.15, 0.2) is 66.2 Å². The lowest BCUT2D eigenvalue weighted by atomic mass is 9.98. The zero-order valence-electron chi connectivity index (χ0n) is 19.6. The fraction of sp³-hybridized carbons (Fsp3) is 0.179. The third kappa shape index (κ3) is 6.11. The highest BCUT2D eigenvalue weighted by Crippen LogP contribution is 2.25. The maximum Gasteiger partial charge on any atom is 0.337 e. The van der Waals surface area contributed by atoms with Gasteiger partial charge >= 0.3 is 5.97 Å². The number of anilines is 1. The molecule has 0 fully saturated rings. The van der Waals surface area contributed by atoms with E-state index in [-0.39, 0.29) is 5.57 Å². The number of aryl methyl sites for hydroxylation is 2. The number of ether oxygens (including phenoxy) is 2. The van der Waals surface area contributed by atoms with E-state index in [2.05, 4.69) is 42.1 Å². The van der Waals surface area contributed by atoms with Crippen molar-refractivity contribution >= 4 is 23.6 Å². The lowest BCUT2D eigenvalue weighted by Gasteiger charge is -2.11. The number of rotatable bonds is 7. The van der Waals surface area contributed by atoms with E-state index < -0.39 is 11.9 Å². The Labute approximate surface area is 199 Å². The van der Waals surface area contributed by atoms with Gasteiger partial charge in [-0.2, -0.15) is 5.26 Å². The van der Waals surface area contributed by atoms with Gasteiger partial charge in [0.1, 0.15) is 17.4 Å². The molecule has 1 amide bonds. The summed E-state index contributed by atoms with van der Waals surface area (Å²) in [5.74, 6) is -0.332. The van der Waals surface area contributed by atoms with Crippen LogP contribution in [0.1, 0.15) is 38.2 Å². The number of carbonyl (C=O) groups excluding carboxylic acids is 2. The third-order valence-corrected chi connectivity index (χ3v) is 5.23. The third-order valence-electron chi connectivity index (χ3n) is 5.23. The average Bonchev–Trinajstić information content (AvgIpc) is 2.82. The fourth-order valence-corrected chi connectivity index (χ4v) is 3.71. The second kappa shape index (κ2) is 11.0. The van der Waals surface area contributed by atoms with Crippen LogP contribution in [-0.2, 0) is 16.0 Å². The minimum atomic E-state index is -0.549. The van der Waals surface area contributed by atoms with E-state index in [0.29, 0.717) is 29.0 Å². The summed E-state index contributed by atoms with van der Waals surface area (Å²) in [6, 6.07) is 20.2. The Morgan fingerprint density at radius 2 is 1.65 bits per heavy atom. The quantitative estimate of drug-likeness (QED) is 0.300. The van der Waals surface area contributed by atoms with Crippen molar-refractivity contribution in [1.82, 2.24) is 0 Å². The number of amides is 1. The van der Waals surface area contributed by atoms with Crippen LogP contribution in [0.2, 0.25) is 0 Å². The first-order chi connectivity index (χ1) is 16.3. The van der Waals surface area contributed by atoms with E-state index in [1.165, 1.54) is 42.0 Å². The summed E-state index contributed by atoms with van der Waals surface area (Å²) >= 11 is 0. The predicted molar refractivity (Wildman–Crippen MR) is 132 cm³/mol. The molecule has 6 heteroatoms. The van der Waals surface area contributed by atoms with Crippen LogP contribution in [0.4, 0.5) is 5.69 Å². The molecule has 0 heterocycles. The van der Waals surface area contributed by atoms with Crippen LogP contribution in [-0.4, -0.2) is 26.1 Å². The van der Waals surface area contributed by atoms with Gasteiger partial charge in [0.15, 0.2) is 0 Å². The number of hydrogen-bond donors (Lipinski definition) is 1. The predicted octanol–water partition coefficient (Wildman–Crippen LogP) is 5.24. The first kappa shape index (κ1) is 24.3. The molecule has 172 valence electrons. The van der Waals surface area contributed by atoms with Gasteiger partial charge in [0, 0.05) is 12.1 Å². The van der Waals surface area contributed by atoms with Gasteiger partial charge in [-0.1, -0.05) is 41.5 Å². The molecule has 1 N–H and O–H groups in total. The zero-order valence-corrected chi connectivity index (χ0v) is 19.6. The van der Waals surface area contributed by atoms with Crippen molar-refractivity contribution in [3.05, 3.63) is 99.6 Å². The van der Waals surface area contributed by atoms with Crippen molar-refractivity contribution in [3.63, 3.8) is 0 Å². The summed E-state index contributed by atoms with van der Waals surface area (Å²) in [6.07, 6.45) is 2.23. The first-order valence-electron chi connectivity index (χ1n) is 10.7. The molecule has 0 aromatic heterocycles. The summed E-state index contributed by atoms with van der Waals surface area (Å²) in [7, 11) is 2.90. The highest BCUT2D eigenvalue weighted by molar-refractivity contribution is 6.09. The molecule has 0 unspecified atom stereocenters. The van der Waals surface area contributed by atoms with E-state index in [1.807, 2.05) is 24.3 Å². The Balaban J connectivity index is 1.79. The lowest BCUT2D eigenvalue weighted by Crippen LogP contribution is -2.13. The zero-order chi connectivity index (χ0) is 24.7. The van der Waals surface area contributed by atoms with Crippen LogP contribution in [0, 0.1) is 25.2 Å². The monoisotopic (exact) mass is 454 g/mol. The molecule has 0 atom stereocenters. The molecule has 0 aliphatic heterocycles. The van der Waals surface area contributed by atoms with Gasteiger partial charge in [-0.15, -0.1) is 0 Å². The number of benzene rings is 3. The SMILES string of the molecule is COC(=O)c1ccc(NC(=O)/C(C#N)=C/c2ccc(Cc3cc(C)cc(C)c3)c(OC)c2)cc1. The molecule has 0 aliphatic carbocycles. The summed E-state index contributed by atoms with van der Waals surface area (Å²) in [5, 5.41) is 12.2. The Hall–Kier alpha value is -4.37. The highest BCUT2D eigenvalue weighted by Gasteiger charge is 2.12. The number of methoxy groups -OCH3 is 2. The maximum atomic E-state index is 12.6. The molecule has 0 radical (unpaired) electrons. The van der Waals surface area contributed by atoms with Crippen molar-refractivity contribution in [2.45, 2.75) is 20.3 Å². The molecule has 3 aromatic rings. The number of esters is 1. The standard InChI is InChI=1S/C28H26N2O4/c1-18-11-19(2)13-21(12-18)15-23-6-5-20(16-26(23)33-3)14-24(17-29)27(31)30-25-9-7-22(8-10-25)28(32)34-4/h5-14,16H,15H2,1-4H3,(H,30,31)/b24-14+. The second-order valence-corrected chi connectivity index (χ2v) is 7.94. The van der Waals surface area contributed by atoms with Gasteiger partial charge < -0.3 is 14.8 Å². The summed E-state index contributed by atoms with van der Waals surface area (Å²) in [5.41, 5.74) is 6.06. The molecule has 0 bridgehead atoms. The molecule has 0 saturated carbocycles. The smallest absolute Gasteiger partial charge is 0.337 e. The number of nitriles is 1. The van der Waals surface area contributed by atoms with E-state index in [1.54, 1.807) is 19.2 Å². The normalized spacial score (nSPS) is 10.9. The van der Waals surface area contributed by atoms with Gasteiger partial charge in [0.2, 0.25) is 0 Å². The Kier molecular flexibility index (Phi) is 7.83. The Bertz CT molecular complexity index is 1260. The lowest BCUT2D eigenvalue weighted by molar-refractivity contribution is -0.112. The molecule has 6 nitrogen and oxygen atoms in total. The van der Waals surface area contributed by atoms with Crippen LogP contribution in [0.5, 0.6) is 5.75 Å². The highest BCUT2D eigenvalue weighted by atomic mass is 16.5. The number of hydrogen-bond acceptors (Lipinski definition) is 5. The van der Waals surface area contributed by atoms with Crippen LogP contribution in [0.3, 0.4) is 0 Å². The molecule has 3 aromatic carbocycles. The van der Waals surface area contributed by atoms with Crippen molar-refractivity contribution in [1.29, 1.82) is 5.26 Å². The van der Waals surface area contributed by atoms with Crippen molar-refractivity contribution in [2.24, 2.45) is 0 Å². The minimum Gasteiger partial charge on any atom is -0.496 e. The van der Waals surface area contributed by atoms with E-state index in [0.717, 1.165) is 5.56 Å². The fourth-order valence-electron chi connectivity index (χ4n) is 3.71. The van der Waals surface area contributed by atoms with Gasteiger partial charge in [0.25, 0.3) is 5.91 Å². The van der Waals surface area contributed by atoms with E-state index in [4.69, 9.17) is 4.74 Å². The van der Waals surface area contributed by atoms with E-state index in [9.17, 15) is 14.9 Å². The van der Waals surface area contributed by atoms with Crippen LogP contribution in [0.25, 0.3) is 6.08 Å². The van der Waals surface area contributed by atoms with E-state index >= 15 is 0 Å². The first-order valence-corrected chi connectivity index (χ1v) is 10.7. The Morgan fingerprint density at radius 3 is 2.24 bits per heavy atom. The van der Waals surface area contributed by atoms with Crippen LogP contribution >= 0.6 is 0 Å². The Morgan fingerprint density at radius 1 is 0.971 bits per heavy atom. The molecule has 0 aliphatic rings. The molecular formula is C28H26N2O4. The largest absolute Gasteiger partial charge is 0.496 e. The number of nitrogens with one attached hydrogen (secondary N) is 1. The molecular weight excluding hydrogens is 428 g/mol. The average molecular weight is 455 g/mol. The van der Waals surface area contributed by atoms with Crippen LogP contribution < -0.4 is 10.1 Å². The number of nitrogens with zero attached hydrogens (tertiary/aromatic N) is 1. The molecule has 0 spiro atoms. The maximum absolute atomic E-state index is 12.6. The van der Waals surface area contributed by atoms with Gasteiger partial charge in [-0.25, -0.2) is 4.79 Å². The molecule has 0 saturated heterocycles. The second-order valence-electron chi connectivity index (χ2n) is 7.94. The summed E-state index contributed by atoms with van der Waals surface area (Å²) in [4.78, 5) is 24.2. The van der Waals surface area contributed by atoms with Crippen molar-refractivity contribution in [2.75, 3.05) is 19.5 Å². The number of carbonyl (C=O) groups is 2. The topological polar surface area (TPSA) is 88.4 Å². The minimum absolute atomic E-state index is 0.0545. The van der Waals surface area contributed by atoms with Crippen molar-refractivity contribution < 1.29 is 19.1 Å². The van der Waals surface area contributed by atoms with Gasteiger partial charge in [-0.05, 0) is 66.9 Å². The summed E-state index contributed by atoms with van der Waals surface area (Å²) < 4.78 is 10.2.